The van der Waals surface area contributed by atoms with Crippen LogP contribution in [0.15, 0.2) is 36.4 Å². The summed E-state index contributed by atoms with van der Waals surface area (Å²) in [4.78, 5) is 36.1. The largest absolute Gasteiger partial charge is 0.490 e. The van der Waals surface area contributed by atoms with E-state index >= 15 is 0 Å². The Balaban J connectivity index is 1.21. The molecule has 0 aromatic heterocycles. The van der Waals surface area contributed by atoms with Crippen molar-refractivity contribution in [1.29, 1.82) is 0 Å². The topological polar surface area (TPSA) is 121 Å². The number of carbonyl (C=O) groups is 3. The molecule has 2 aromatic rings. The second kappa shape index (κ2) is 9.24. The Morgan fingerprint density at radius 3 is 2.45 bits per heavy atom. The van der Waals surface area contributed by atoms with Crippen LogP contribution in [-0.4, -0.2) is 50.9 Å². The normalized spacial score (nSPS) is 13.7. The smallest absolute Gasteiger partial charge is 0.325 e. The predicted molar refractivity (Wildman–Crippen MR) is 107 cm³/mol. The van der Waals surface area contributed by atoms with Crippen molar-refractivity contribution in [1.82, 2.24) is 5.32 Å². The van der Waals surface area contributed by atoms with Gasteiger partial charge in [-0.15, -0.1) is 0 Å². The van der Waals surface area contributed by atoms with Gasteiger partial charge in [-0.05, 0) is 30.3 Å². The number of hydrogen-bond donors (Lipinski definition) is 2. The fourth-order valence-electron chi connectivity index (χ4n) is 2.93. The zero-order valence-electron chi connectivity index (χ0n) is 16.5. The number of amides is 2. The van der Waals surface area contributed by atoms with E-state index in [0.29, 0.717) is 47.5 Å². The van der Waals surface area contributed by atoms with Gasteiger partial charge in [0.2, 0.25) is 6.79 Å². The van der Waals surface area contributed by atoms with Crippen molar-refractivity contribution in [2.24, 2.45) is 0 Å². The molecule has 0 spiro atoms. The highest BCUT2D eigenvalue weighted by Gasteiger charge is 2.17. The van der Waals surface area contributed by atoms with E-state index in [9.17, 15) is 14.4 Å². The average molecular weight is 428 g/mol. The molecule has 0 bridgehead atoms. The van der Waals surface area contributed by atoms with Crippen molar-refractivity contribution in [3.05, 3.63) is 42.0 Å². The molecule has 2 N–H and O–H groups in total. The number of esters is 1. The summed E-state index contributed by atoms with van der Waals surface area (Å²) in [6, 6.07) is 9.70. The molecule has 2 heterocycles. The maximum atomic E-state index is 12.2. The first-order valence-electron chi connectivity index (χ1n) is 9.61. The molecule has 0 saturated heterocycles. The van der Waals surface area contributed by atoms with Crippen molar-refractivity contribution >= 4 is 23.5 Å². The van der Waals surface area contributed by atoms with E-state index < -0.39 is 24.4 Å². The molecule has 0 aliphatic carbocycles. The van der Waals surface area contributed by atoms with E-state index in [2.05, 4.69) is 10.6 Å². The Kier molecular flexibility index (Phi) is 6.06. The van der Waals surface area contributed by atoms with E-state index in [1.165, 1.54) is 6.07 Å². The molecule has 2 aliphatic heterocycles. The Labute approximate surface area is 177 Å². The van der Waals surface area contributed by atoms with E-state index in [1.807, 2.05) is 0 Å². The zero-order chi connectivity index (χ0) is 21.6. The van der Waals surface area contributed by atoms with Crippen molar-refractivity contribution in [3.63, 3.8) is 0 Å². The van der Waals surface area contributed by atoms with Crippen molar-refractivity contribution < 1.29 is 38.1 Å². The molecule has 0 fully saturated rings. The van der Waals surface area contributed by atoms with Crippen LogP contribution in [0.5, 0.6) is 23.0 Å². The van der Waals surface area contributed by atoms with Crippen LogP contribution in [0, 0.1) is 0 Å². The van der Waals surface area contributed by atoms with Crippen LogP contribution in [-0.2, 0) is 14.3 Å². The van der Waals surface area contributed by atoms with E-state index in [4.69, 9.17) is 23.7 Å². The van der Waals surface area contributed by atoms with Crippen LogP contribution >= 0.6 is 0 Å². The van der Waals surface area contributed by atoms with Crippen LogP contribution in [0.25, 0.3) is 0 Å². The quantitative estimate of drug-likeness (QED) is 0.664. The van der Waals surface area contributed by atoms with Gasteiger partial charge in [-0.1, -0.05) is 0 Å². The van der Waals surface area contributed by atoms with Gasteiger partial charge in [0.05, 0.1) is 13.2 Å². The second-order valence-corrected chi connectivity index (χ2v) is 6.67. The highest BCUT2D eigenvalue weighted by atomic mass is 16.7. The van der Waals surface area contributed by atoms with E-state index in [0.717, 1.165) is 6.42 Å². The molecule has 10 heteroatoms. The zero-order valence-corrected chi connectivity index (χ0v) is 16.5. The molecular formula is C21H20N2O8. The van der Waals surface area contributed by atoms with Crippen molar-refractivity contribution in [2.75, 3.05) is 38.5 Å². The summed E-state index contributed by atoms with van der Waals surface area (Å²) < 4.78 is 26.4. The molecule has 2 aliphatic rings. The molecule has 2 amide bonds. The first-order chi connectivity index (χ1) is 15.1. The minimum Gasteiger partial charge on any atom is -0.490 e. The standard InChI is InChI=1S/C21H20N2O8/c24-19(23-14-3-5-15-18(9-14)28-7-1-6-27-15)11-29-20(25)10-22-21(26)13-2-4-16-17(8-13)31-12-30-16/h2-5,8-9H,1,6-7,10-12H2,(H,22,26)(H,23,24). The molecule has 31 heavy (non-hydrogen) atoms. The Morgan fingerprint density at radius 2 is 1.58 bits per heavy atom. The van der Waals surface area contributed by atoms with Crippen LogP contribution in [0.3, 0.4) is 0 Å². The number of fused-ring (bicyclic) bond motifs is 2. The van der Waals surface area contributed by atoms with Crippen LogP contribution < -0.4 is 29.6 Å². The molecular weight excluding hydrogens is 408 g/mol. The maximum absolute atomic E-state index is 12.2. The third-order valence-corrected chi connectivity index (χ3v) is 4.42. The van der Waals surface area contributed by atoms with Gasteiger partial charge in [0.15, 0.2) is 29.6 Å². The van der Waals surface area contributed by atoms with Gasteiger partial charge >= 0.3 is 5.97 Å². The Hall–Kier alpha value is -3.95. The predicted octanol–water partition coefficient (Wildman–Crippen LogP) is 1.49. The molecule has 162 valence electrons. The lowest BCUT2D eigenvalue weighted by molar-refractivity contribution is -0.146. The van der Waals surface area contributed by atoms with Gasteiger partial charge in [0, 0.05) is 23.7 Å². The third kappa shape index (κ3) is 5.16. The number of ether oxygens (including phenoxy) is 5. The molecule has 10 nitrogen and oxygen atoms in total. The lowest BCUT2D eigenvalue weighted by atomic mass is 10.2. The molecule has 0 unspecified atom stereocenters. The summed E-state index contributed by atoms with van der Waals surface area (Å²) in [5, 5.41) is 5.05. The number of benzene rings is 2. The lowest BCUT2D eigenvalue weighted by Crippen LogP contribution is -2.32. The van der Waals surface area contributed by atoms with E-state index in [-0.39, 0.29) is 13.3 Å². The first kappa shape index (κ1) is 20.3. The van der Waals surface area contributed by atoms with Gasteiger partial charge in [0.1, 0.15) is 6.54 Å². The van der Waals surface area contributed by atoms with Crippen LogP contribution in [0.2, 0.25) is 0 Å². The minimum atomic E-state index is -0.747. The third-order valence-electron chi connectivity index (χ3n) is 4.42. The summed E-state index contributed by atoms with van der Waals surface area (Å²) in [5.74, 6) is 0.413. The van der Waals surface area contributed by atoms with Crippen LogP contribution in [0.4, 0.5) is 5.69 Å². The molecule has 0 radical (unpaired) electrons. The Morgan fingerprint density at radius 1 is 0.871 bits per heavy atom. The highest BCUT2D eigenvalue weighted by molar-refractivity contribution is 5.97. The Bertz CT molecular complexity index is 1010. The summed E-state index contributed by atoms with van der Waals surface area (Å²) in [6.07, 6.45) is 0.775. The number of anilines is 1. The number of rotatable bonds is 6. The van der Waals surface area contributed by atoms with Crippen LogP contribution in [0.1, 0.15) is 16.8 Å². The van der Waals surface area contributed by atoms with Gasteiger partial charge in [-0.2, -0.15) is 0 Å². The fourth-order valence-corrected chi connectivity index (χ4v) is 2.93. The SMILES string of the molecule is O=C(COC(=O)CNC(=O)c1ccc2c(c1)OCO2)Nc1ccc2c(c1)OCCCO2. The maximum Gasteiger partial charge on any atom is 0.325 e. The number of hydrogen-bond acceptors (Lipinski definition) is 8. The summed E-state index contributed by atoms with van der Waals surface area (Å²) in [5.41, 5.74) is 0.797. The van der Waals surface area contributed by atoms with Gasteiger partial charge in [0.25, 0.3) is 11.8 Å². The van der Waals surface area contributed by atoms with Crippen molar-refractivity contribution in [3.8, 4) is 23.0 Å². The lowest BCUT2D eigenvalue weighted by Gasteiger charge is -2.11. The minimum absolute atomic E-state index is 0.0983. The molecule has 0 atom stereocenters. The van der Waals surface area contributed by atoms with Gasteiger partial charge < -0.3 is 34.3 Å². The van der Waals surface area contributed by atoms with Gasteiger partial charge in [-0.3, -0.25) is 14.4 Å². The fraction of sp³-hybridized carbons (Fsp3) is 0.286. The summed E-state index contributed by atoms with van der Waals surface area (Å²) >= 11 is 0. The van der Waals surface area contributed by atoms with E-state index in [1.54, 1.807) is 30.3 Å². The monoisotopic (exact) mass is 428 g/mol. The second-order valence-electron chi connectivity index (χ2n) is 6.67. The molecule has 4 rings (SSSR count). The summed E-state index contributed by atoms with van der Waals surface area (Å²) in [6.45, 7) is 0.318. The first-order valence-corrected chi connectivity index (χ1v) is 9.61. The van der Waals surface area contributed by atoms with Crippen molar-refractivity contribution in [2.45, 2.75) is 6.42 Å². The highest BCUT2D eigenvalue weighted by Crippen LogP contribution is 2.33. The summed E-state index contributed by atoms with van der Waals surface area (Å²) in [7, 11) is 0. The number of nitrogens with one attached hydrogen (secondary N) is 2. The number of carbonyl (C=O) groups excluding carboxylic acids is 3. The molecule has 2 aromatic carbocycles. The van der Waals surface area contributed by atoms with Gasteiger partial charge in [-0.25, -0.2) is 0 Å². The average Bonchev–Trinajstić information content (AvgIpc) is 3.12. The molecule has 0 saturated carbocycles.